The van der Waals surface area contributed by atoms with Gasteiger partial charge < -0.3 is 25.0 Å². The predicted octanol–water partition coefficient (Wildman–Crippen LogP) is 3.17. The molecule has 3 heterocycles. The number of urea groups is 1. The van der Waals surface area contributed by atoms with Crippen LogP contribution in [0.3, 0.4) is 0 Å². The lowest BCUT2D eigenvalue weighted by molar-refractivity contribution is -0.0100. The maximum atomic E-state index is 11.9. The van der Waals surface area contributed by atoms with Crippen LogP contribution in [0.25, 0.3) is 11.4 Å². The lowest BCUT2D eigenvalue weighted by atomic mass is 10.0. The normalized spacial score (nSPS) is 19.2. The second-order valence-electron chi connectivity index (χ2n) is 8.48. The van der Waals surface area contributed by atoms with Crippen molar-refractivity contribution in [2.24, 2.45) is 0 Å². The predicted molar refractivity (Wildman–Crippen MR) is 120 cm³/mol. The maximum Gasteiger partial charge on any atom is 0.319 e. The number of aromatic nitrogens is 2. The average molecular weight is 437 g/mol. The largest absolute Gasteiger partial charge is 0.377 e. The van der Waals surface area contributed by atoms with Gasteiger partial charge in [0.05, 0.1) is 44.0 Å². The van der Waals surface area contributed by atoms with Gasteiger partial charge in [0.1, 0.15) is 11.4 Å². The standard InChI is InChI=1S/C23H28N6O3/c1-15-13-31-12-11-29(15)21-18-14-32-23(2,3)19(18)27-20(28-21)16-5-7-17(8-6-16)26-22(30)25-10-4-9-24/h5-8,15H,4,10-14H2,1-3H3,(H2,25,26,30). The van der Waals surface area contributed by atoms with E-state index in [9.17, 15) is 4.79 Å². The number of hydrogen-bond donors (Lipinski definition) is 2. The summed E-state index contributed by atoms with van der Waals surface area (Å²) in [6.07, 6.45) is 0.270. The summed E-state index contributed by atoms with van der Waals surface area (Å²) >= 11 is 0. The Hall–Kier alpha value is -3.22. The van der Waals surface area contributed by atoms with Crippen molar-refractivity contribution in [1.29, 1.82) is 5.26 Å². The molecule has 1 aromatic carbocycles. The minimum absolute atomic E-state index is 0.213. The fourth-order valence-electron chi connectivity index (χ4n) is 3.94. The number of carbonyl (C=O) groups is 1. The average Bonchev–Trinajstić information content (AvgIpc) is 3.09. The van der Waals surface area contributed by atoms with Crippen molar-refractivity contribution in [3.05, 3.63) is 35.5 Å². The molecule has 32 heavy (non-hydrogen) atoms. The zero-order chi connectivity index (χ0) is 22.7. The number of carbonyl (C=O) groups excluding carboxylic acids is 1. The van der Waals surface area contributed by atoms with Crippen LogP contribution < -0.4 is 15.5 Å². The number of anilines is 2. The van der Waals surface area contributed by atoms with Crippen molar-refractivity contribution in [3.8, 4) is 17.5 Å². The summed E-state index contributed by atoms with van der Waals surface area (Å²) < 4.78 is 11.6. The maximum absolute atomic E-state index is 11.9. The van der Waals surface area contributed by atoms with Gasteiger partial charge in [0.15, 0.2) is 5.82 Å². The molecule has 2 aromatic rings. The van der Waals surface area contributed by atoms with Crippen LogP contribution in [0, 0.1) is 11.3 Å². The molecular formula is C23H28N6O3. The number of hydrogen-bond acceptors (Lipinski definition) is 7. The van der Waals surface area contributed by atoms with Crippen LogP contribution in [0.1, 0.15) is 38.4 Å². The van der Waals surface area contributed by atoms with Gasteiger partial charge in [0.25, 0.3) is 0 Å². The Balaban J connectivity index is 1.62. The molecule has 168 valence electrons. The van der Waals surface area contributed by atoms with Crippen molar-refractivity contribution >= 4 is 17.5 Å². The highest BCUT2D eigenvalue weighted by Gasteiger charge is 2.38. The molecule has 9 heteroatoms. The molecule has 0 aliphatic carbocycles. The van der Waals surface area contributed by atoms with Gasteiger partial charge in [-0.05, 0) is 45.0 Å². The van der Waals surface area contributed by atoms with Crippen LogP contribution in [0.15, 0.2) is 24.3 Å². The zero-order valence-electron chi connectivity index (χ0n) is 18.6. The molecule has 0 saturated carbocycles. The first kappa shape index (κ1) is 22.0. The molecular weight excluding hydrogens is 408 g/mol. The Bertz CT molecular complexity index is 1030. The molecule has 1 fully saturated rings. The second kappa shape index (κ2) is 9.10. The van der Waals surface area contributed by atoms with Crippen molar-refractivity contribution in [3.63, 3.8) is 0 Å². The summed E-state index contributed by atoms with van der Waals surface area (Å²) in [5.74, 6) is 1.53. The van der Waals surface area contributed by atoms with E-state index in [-0.39, 0.29) is 18.5 Å². The Morgan fingerprint density at radius 1 is 1.31 bits per heavy atom. The van der Waals surface area contributed by atoms with Gasteiger partial charge in [-0.2, -0.15) is 5.26 Å². The SMILES string of the molecule is CC1COCCN1c1nc(-c2ccc(NC(=O)NCCC#N)cc2)nc2c1COC2(C)C. The van der Waals surface area contributed by atoms with E-state index in [0.29, 0.717) is 37.9 Å². The molecule has 2 amide bonds. The molecule has 1 saturated heterocycles. The van der Waals surface area contributed by atoms with Crippen LogP contribution in [0.5, 0.6) is 0 Å². The molecule has 1 aromatic heterocycles. The summed E-state index contributed by atoms with van der Waals surface area (Å²) in [7, 11) is 0. The molecule has 2 aliphatic heterocycles. The number of rotatable bonds is 5. The topological polar surface area (TPSA) is 112 Å². The minimum Gasteiger partial charge on any atom is -0.377 e. The molecule has 1 atom stereocenters. The van der Waals surface area contributed by atoms with Crippen LogP contribution in [-0.4, -0.2) is 48.3 Å². The number of morpholine rings is 1. The van der Waals surface area contributed by atoms with Gasteiger partial charge >= 0.3 is 6.03 Å². The van der Waals surface area contributed by atoms with Crippen LogP contribution in [0.4, 0.5) is 16.3 Å². The van der Waals surface area contributed by atoms with E-state index >= 15 is 0 Å². The number of fused-ring (bicyclic) bond motifs is 1. The summed E-state index contributed by atoms with van der Waals surface area (Å²) in [5.41, 5.74) is 2.97. The molecule has 9 nitrogen and oxygen atoms in total. The number of benzene rings is 1. The molecule has 4 rings (SSSR count). The van der Waals surface area contributed by atoms with Gasteiger partial charge in [-0.1, -0.05) is 0 Å². The lowest BCUT2D eigenvalue weighted by Gasteiger charge is -2.35. The number of ether oxygens (including phenoxy) is 2. The van der Waals surface area contributed by atoms with Gasteiger partial charge in [-0.15, -0.1) is 0 Å². The highest BCUT2D eigenvalue weighted by atomic mass is 16.5. The smallest absolute Gasteiger partial charge is 0.319 e. The van der Waals surface area contributed by atoms with Crippen molar-refractivity contribution < 1.29 is 14.3 Å². The first-order valence-electron chi connectivity index (χ1n) is 10.8. The monoisotopic (exact) mass is 436 g/mol. The Morgan fingerprint density at radius 3 is 2.81 bits per heavy atom. The number of amides is 2. The van der Waals surface area contributed by atoms with Gasteiger partial charge in [-0.25, -0.2) is 14.8 Å². The van der Waals surface area contributed by atoms with E-state index in [4.69, 9.17) is 24.7 Å². The first-order chi connectivity index (χ1) is 15.4. The molecule has 0 bridgehead atoms. The quantitative estimate of drug-likeness (QED) is 0.692. The van der Waals surface area contributed by atoms with Crippen molar-refractivity contribution in [2.45, 2.75) is 45.4 Å². The third kappa shape index (κ3) is 4.52. The van der Waals surface area contributed by atoms with Gasteiger partial charge in [0, 0.05) is 29.9 Å². The van der Waals surface area contributed by atoms with Crippen molar-refractivity contribution in [2.75, 3.05) is 36.5 Å². The Morgan fingerprint density at radius 2 is 2.09 bits per heavy atom. The first-order valence-corrected chi connectivity index (χ1v) is 10.8. The van der Waals surface area contributed by atoms with Crippen LogP contribution in [0.2, 0.25) is 0 Å². The lowest BCUT2D eigenvalue weighted by Crippen LogP contribution is -2.44. The third-order valence-electron chi connectivity index (χ3n) is 5.70. The number of nitrogens with one attached hydrogen (secondary N) is 2. The minimum atomic E-state index is -0.486. The highest BCUT2D eigenvalue weighted by Crippen LogP contribution is 2.40. The van der Waals surface area contributed by atoms with E-state index in [1.807, 2.05) is 44.2 Å². The Kier molecular flexibility index (Phi) is 6.26. The van der Waals surface area contributed by atoms with Crippen LogP contribution in [-0.2, 0) is 21.7 Å². The Labute approximate surface area is 187 Å². The molecule has 2 aliphatic rings. The number of nitrogens with zero attached hydrogens (tertiary/aromatic N) is 4. The summed E-state index contributed by atoms with van der Waals surface area (Å²) in [6, 6.07) is 9.27. The fraction of sp³-hybridized carbons (Fsp3) is 0.478. The van der Waals surface area contributed by atoms with E-state index in [0.717, 1.165) is 29.2 Å². The van der Waals surface area contributed by atoms with E-state index in [1.54, 1.807) is 0 Å². The highest BCUT2D eigenvalue weighted by molar-refractivity contribution is 5.89. The van der Waals surface area contributed by atoms with E-state index < -0.39 is 5.60 Å². The summed E-state index contributed by atoms with van der Waals surface area (Å²) in [5, 5.41) is 14.0. The van der Waals surface area contributed by atoms with E-state index in [1.165, 1.54) is 0 Å². The van der Waals surface area contributed by atoms with E-state index in [2.05, 4.69) is 22.5 Å². The second-order valence-corrected chi connectivity index (χ2v) is 8.48. The van der Waals surface area contributed by atoms with Gasteiger partial charge in [0.2, 0.25) is 0 Å². The summed E-state index contributed by atoms with van der Waals surface area (Å²) in [4.78, 5) is 24.0. The molecule has 1 unspecified atom stereocenters. The van der Waals surface area contributed by atoms with Crippen LogP contribution >= 0.6 is 0 Å². The number of nitriles is 1. The molecule has 0 spiro atoms. The fourth-order valence-corrected chi connectivity index (χ4v) is 3.94. The zero-order valence-corrected chi connectivity index (χ0v) is 18.6. The molecule has 0 radical (unpaired) electrons. The third-order valence-corrected chi connectivity index (χ3v) is 5.70. The summed E-state index contributed by atoms with van der Waals surface area (Å²) in [6.45, 7) is 9.09. The van der Waals surface area contributed by atoms with Crippen molar-refractivity contribution in [1.82, 2.24) is 15.3 Å². The molecule has 2 N–H and O–H groups in total. The van der Waals surface area contributed by atoms with Gasteiger partial charge in [-0.3, -0.25) is 0 Å².